The van der Waals surface area contributed by atoms with Crippen LogP contribution in [0, 0.1) is 12.7 Å². The summed E-state index contributed by atoms with van der Waals surface area (Å²) < 4.78 is 17.9. The summed E-state index contributed by atoms with van der Waals surface area (Å²) in [7, 11) is 1.28. The first-order valence-corrected chi connectivity index (χ1v) is 7.01. The van der Waals surface area contributed by atoms with Crippen molar-refractivity contribution in [3.63, 3.8) is 0 Å². The number of anilines is 1. The van der Waals surface area contributed by atoms with Gasteiger partial charge in [0, 0.05) is 17.4 Å². The largest absolute Gasteiger partial charge is 0.465 e. The third-order valence-corrected chi connectivity index (χ3v) is 3.92. The molecule has 2 rings (SSSR count). The lowest BCUT2D eigenvalue weighted by Crippen LogP contribution is -2.10. The number of aryl methyl sites for hydroxylation is 1. The van der Waals surface area contributed by atoms with Gasteiger partial charge in [-0.25, -0.2) is 9.18 Å². The minimum atomic E-state index is -0.539. The Bertz CT molecular complexity index is 692. The molecule has 0 fully saturated rings. The number of hydrogen-bond acceptors (Lipinski definition) is 4. The quantitative estimate of drug-likeness (QED) is 0.881. The van der Waals surface area contributed by atoms with Crippen LogP contribution >= 0.6 is 11.3 Å². The Morgan fingerprint density at radius 2 is 1.86 bits per heavy atom. The number of methoxy groups -OCH3 is 1. The van der Waals surface area contributed by atoms with Crippen LogP contribution in [0.2, 0.25) is 0 Å². The second kappa shape index (κ2) is 6.05. The number of halogens is 1. The Labute approximate surface area is 125 Å². The summed E-state index contributed by atoms with van der Waals surface area (Å²) in [6.07, 6.45) is 0. The average Bonchev–Trinajstić information content (AvgIpc) is 2.74. The monoisotopic (exact) mass is 307 g/mol. The summed E-state index contributed by atoms with van der Waals surface area (Å²) >= 11 is 1.29. The van der Waals surface area contributed by atoms with Crippen molar-refractivity contribution >= 4 is 28.2 Å². The molecule has 1 N–H and O–H groups in total. The van der Waals surface area contributed by atoms with Crippen molar-refractivity contribution in [2.45, 2.75) is 13.8 Å². The molecule has 0 aliphatic rings. The number of thiophene rings is 1. The molecular weight excluding hydrogens is 293 g/mol. The van der Waals surface area contributed by atoms with Crippen molar-refractivity contribution in [1.29, 1.82) is 0 Å². The lowest BCUT2D eigenvalue weighted by atomic mass is 10.0. The van der Waals surface area contributed by atoms with Crippen LogP contribution in [0.4, 0.5) is 9.39 Å². The van der Waals surface area contributed by atoms with Gasteiger partial charge in [-0.2, -0.15) is 0 Å². The van der Waals surface area contributed by atoms with Gasteiger partial charge >= 0.3 is 5.97 Å². The first-order chi connectivity index (χ1) is 9.93. The normalized spacial score (nSPS) is 10.3. The fraction of sp³-hybridized carbons (Fsp3) is 0.200. The third-order valence-electron chi connectivity index (χ3n) is 2.90. The molecule has 110 valence electrons. The predicted octanol–water partition coefficient (Wildman–Crippen LogP) is 3.61. The van der Waals surface area contributed by atoms with Gasteiger partial charge in [0.2, 0.25) is 5.91 Å². The SMILES string of the molecule is COC(=O)c1c(NC(C)=O)sc(C)c1-c1ccc(F)cc1. The van der Waals surface area contributed by atoms with Crippen LogP contribution in [0.25, 0.3) is 11.1 Å². The third kappa shape index (κ3) is 3.11. The molecule has 4 nitrogen and oxygen atoms in total. The number of amides is 1. The van der Waals surface area contributed by atoms with E-state index in [0.29, 0.717) is 21.7 Å². The zero-order valence-electron chi connectivity index (χ0n) is 11.8. The Morgan fingerprint density at radius 3 is 2.38 bits per heavy atom. The van der Waals surface area contributed by atoms with E-state index in [-0.39, 0.29) is 11.7 Å². The van der Waals surface area contributed by atoms with E-state index in [4.69, 9.17) is 4.74 Å². The molecule has 0 saturated carbocycles. The second-order valence-corrected chi connectivity index (χ2v) is 5.64. The molecule has 0 radical (unpaired) electrons. The topological polar surface area (TPSA) is 55.4 Å². The van der Waals surface area contributed by atoms with Crippen molar-refractivity contribution in [1.82, 2.24) is 0 Å². The second-order valence-electron chi connectivity index (χ2n) is 4.42. The highest BCUT2D eigenvalue weighted by Gasteiger charge is 2.24. The fourth-order valence-electron chi connectivity index (χ4n) is 2.05. The lowest BCUT2D eigenvalue weighted by molar-refractivity contribution is -0.114. The van der Waals surface area contributed by atoms with Gasteiger partial charge in [0.1, 0.15) is 16.4 Å². The van der Waals surface area contributed by atoms with Crippen LogP contribution in [-0.2, 0) is 9.53 Å². The number of carbonyl (C=O) groups excluding carboxylic acids is 2. The maximum absolute atomic E-state index is 13.1. The summed E-state index contributed by atoms with van der Waals surface area (Å²) in [6.45, 7) is 3.20. The van der Waals surface area contributed by atoms with E-state index in [1.807, 2.05) is 6.92 Å². The van der Waals surface area contributed by atoms with Crippen LogP contribution in [0.3, 0.4) is 0 Å². The molecule has 0 unspecified atom stereocenters. The van der Waals surface area contributed by atoms with Gasteiger partial charge in [-0.3, -0.25) is 4.79 Å². The van der Waals surface area contributed by atoms with Gasteiger partial charge in [0.15, 0.2) is 0 Å². The molecule has 1 aromatic carbocycles. The van der Waals surface area contributed by atoms with Crippen molar-refractivity contribution in [2.75, 3.05) is 12.4 Å². The van der Waals surface area contributed by atoms with Gasteiger partial charge in [0.25, 0.3) is 0 Å². The summed E-state index contributed by atoms with van der Waals surface area (Å²) in [5.74, 6) is -1.16. The van der Waals surface area contributed by atoms with Gasteiger partial charge in [-0.15, -0.1) is 11.3 Å². The Morgan fingerprint density at radius 1 is 1.24 bits per heavy atom. The van der Waals surface area contributed by atoms with E-state index in [1.54, 1.807) is 12.1 Å². The molecule has 21 heavy (non-hydrogen) atoms. The zero-order valence-corrected chi connectivity index (χ0v) is 12.6. The standard InChI is InChI=1S/C15H14FNO3S/c1-8-12(10-4-6-11(16)7-5-10)13(15(19)20-3)14(21-8)17-9(2)18/h4-7H,1-3H3,(H,17,18). The minimum absolute atomic E-state index is 0.271. The van der Waals surface area contributed by atoms with E-state index in [0.717, 1.165) is 4.88 Å². The van der Waals surface area contributed by atoms with Gasteiger partial charge < -0.3 is 10.1 Å². The molecule has 1 amide bonds. The van der Waals surface area contributed by atoms with Crippen LogP contribution in [-0.4, -0.2) is 19.0 Å². The van der Waals surface area contributed by atoms with Gasteiger partial charge in [-0.05, 0) is 24.6 Å². The highest BCUT2D eigenvalue weighted by atomic mass is 32.1. The maximum atomic E-state index is 13.1. The Hall–Kier alpha value is -2.21. The van der Waals surface area contributed by atoms with Crippen molar-refractivity contribution in [2.24, 2.45) is 0 Å². The number of nitrogens with one attached hydrogen (secondary N) is 1. The number of carbonyl (C=O) groups is 2. The van der Waals surface area contributed by atoms with E-state index >= 15 is 0 Å². The van der Waals surface area contributed by atoms with Gasteiger partial charge in [-0.1, -0.05) is 12.1 Å². The first kappa shape index (κ1) is 15.2. The van der Waals surface area contributed by atoms with Crippen LogP contribution in [0.1, 0.15) is 22.2 Å². The Balaban J connectivity index is 2.63. The van der Waals surface area contributed by atoms with E-state index in [9.17, 15) is 14.0 Å². The smallest absolute Gasteiger partial charge is 0.341 e. The molecule has 1 aromatic heterocycles. The number of benzene rings is 1. The molecule has 1 heterocycles. The molecule has 0 aliphatic heterocycles. The van der Waals surface area contributed by atoms with Crippen LogP contribution < -0.4 is 5.32 Å². The molecule has 0 bridgehead atoms. The summed E-state index contributed by atoms with van der Waals surface area (Å²) in [6, 6.07) is 5.83. The minimum Gasteiger partial charge on any atom is -0.465 e. The van der Waals surface area contributed by atoms with Crippen LogP contribution in [0.5, 0.6) is 0 Å². The van der Waals surface area contributed by atoms with E-state index in [2.05, 4.69) is 5.32 Å². The molecule has 0 aliphatic carbocycles. The molecule has 0 spiro atoms. The number of ether oxygens (including phenoxy) is 1. The highest BCUT2D eigenvalue weighted by Crippen LogP contribution is 2.40. The van der Waals surface area contributed by atoms with Crippen molar-refractivity contribution < 1.29 is 18.7 Å². The number of rotatable bonds is 3. The number of hydrogen-bond donors (Lipinski definition) is 1. The van der Waals surface area contributed by atoms with Crippen molar-refractivity contribution in [3.05, 3.63) is 40.5 Å². The molecule has 0 saturated heterocycles. The van der Waals surface area contributed by atoms with E-state index in [1.165, 1.54) is 37.5 Å². The molecule has 2 aromatic rings. The van der Waals surface area contributed by atoms with Crippen molar-refractivity contribution in [3.8, 4) is 11.1 Å². The lowest BCUT2D eigenvalue weighted by Gasteiger charge is -2.07. The number of esters is 1. The summed E-state index contributed by atoms with van der Waals surface area (Å²) in [4.78, 5) is 24.2. The summed E-state index contributed by atoms with van der Waals surface area (Å²) in [5, 5.41) is 3.07. The van der Waals surface area contributed by atoms with Gasteiger partial charge in [0.05, 0.1) is 7.11 Å². The van der Waals surface area contributed by atoms with Crippen LogP contribution in [0.15, 0.2) is 24.3 Å². The zero-order chi connectivity index (χ0) is 15.6. The summed E-state index contributed by atoms with van der Waals surface area (Å²) in [5.41, 5.74) is 1.64. The molecule has 6 heteroatoms. The average molecular weight is 307 g/mol. The first-order valence-electron chi connectivity index (χ1n) is 6.19. The maximum Gasteiger partial charge on any atom is 0.341 e. The molecule has 0 atom stereocenters. The molecular formula is C15H14FNO3S. The van der Waals surface area contributed by atoms with E-state index < -0.39 is 5.97 Å². The fourth-order valence-corrected chi connectivity index (χ4v) is 3.16. The predicted molar refractivity (Wildman–Crippen MR) is 80.1 cm³/mol. The highest BCUT2D eigenvalue weighted by molar-refractivity contribution is 7.17. The Kier molecular flexibility index (Phi) is 4.37.